The van der Waals surface area contributed by atoms with Crippen molar-refractivity contribution >= 4 is 0 Å². The molecule has 0 spiro atoms. The molecule has 0 bridgehead atoms. The van der Waals surface area contributed by atoms with Crippen LogP contribution >= 0.6 is 0 Å². The SMILES string of the molecule is CC1CC(C)CC(O)(C2(O)CCCCC2)C1. The highest BCUT2D eigenvalue weighted by atomic mass is 16.4. The van der Waals surface area contributed by atoms with Crippen molar-refractivity contribution in [1.82, 2.24) is 0 Å². The maximum absolute atomic E-state index is 10.8. The molecular formula is C14H26O2. The first-order valence-corrected chi connectivity index (χ1v) is 6.90. The Morgan fingerprint density at radius 3 is 1.81 bits per heavy atom. The largest absolute Gasteiger partial charge is 0.387 e. The highest BCUT2D eigenvalue weighted by molar-refractivity contribution is 5.04. The third-order valence-electron chi connectivity index (χ3n) is 4.72. The van der Waals surface area contributed by atoms with Crippen molar-refractivity contribution in [3.63, 3.8) is 0 Å². The van der Waals surface area contributed by atoms with Crippen molar-refractivity contribution < 1.29 is 10.2 Å². The van der Waals surface area contributed by atoms with Crippen LogP contribution < -0.4 is 0 Å². The molecule has 2 unspecified atom stereocenters. The van der Waals surface area contributed by atoms with E-state index in [2.05, 4.69) is 13.8 Å². The molecule has 94 valence electrons. The lowest BCUT2D eigenvalue weighted by atomic mass is 9.62. The predicted octanol–water partition coefficient (Wildman–Crippen LogP) is 2.87. The van der Waals surface area contributed by atoms with E-state index in [9.17, 15) is 10.2 Å². The van der Waals surface area contributed by atoms with Gasteiger partial charge in [0, 0.05) is 0 Å². The van der Waals surface area contributed by atoms with Crippen LogP contribution in [-0.4, -0.2) is 21.4 Å². The molecule has 2 atom stereocenters. The molecule has 0 aromatic heterocycles. The summed E-state index contributed by atoms with van der Waals surface area (Å²) in [6.07, 6.45) is 7.71. The van der Waals surface area contributed by atoms with Gasteiger partial charge in [0.1, 0.15) is 0 Å². The second-order valence-electron chi connectivity index (χ2n) is 6.48. The van der Waals surface area contributed by atoms with E-state index < -0.39 is 11.2 Å². The van der Waals surface area contributed by atoms with Gasteiger partial charge in [-0.15, -0.1) is 0 Å². The van der Waals surface area contributed by atoms with E-state index in [1.165, 1.54) is 12.8 Å². The molecule has 0 aliphatic heterocycles. The van der Waals surface area contributed by atoms with E-state index in [0.717, 1.165) is 38.5 Å². The van der Waals surface area contributed by atoms with Crippen molar-refractivity contribution in [3.8, 4) is 0 Å². The number of hydrogen-bond donors (Lipinski definition) is 2. The van der Waals surface area contributed by atoms with E-state index in [0.29, 0.717) is 11.8 Å². The van der Waals surface area contributed by atoms with E-state index >= 15 is 0 Å². The summed E-state index contributed by atoms with van der Waals surface area (Å²) in [6, 6.07) is 0. The van der Waals surface area contributed by atoms with Gasteiger partial charge in [0.05, 0.1) is 11.2 Å². The topological polar surface area (TPSA) is 40.5 Å². The molecule has 2 nitrogen and oxygen atoms in total. The van der Waals surface area contributed by atoms with Gasteiger partial charge in [0.25, 0.3) is 0 Å². The van der Waals surface area contributed by atoms with Gasteiger partial charge in [-0.2, -0.15) is 0 Å². The average molecular weight is 226 g/mol. The Labute approximate surface area is 99.1 Å². The standard InChI is InChI=1S/C14H26O2/c1-11-8-12(2)10-14(16,9-11)13(15)6-4-3-5-7-13/h11-12,15-16H,3-10H2,1-2H3. The summed E-state index contributed by atoms with van der Waals surface area (Å²) in [6.45, 7) is 4.40. The van der Waals surface area contributed by atoms with Crippen LogP contribution in [0.4, 0.5) is 0 Å². The molecule has 0 aromatic carbocycles. The molecule has 2 aliphatic carbocycles. The highest BCUT2D eigenvalue weighted by Crippen LogP contribution is 2.47. The Morgan fingerprint density at radius 1 is 0.812 bits per heavy atom. The third-order valence-corrected chi connectivity index (χ3v) is 4.72. The van der Waals surface area contributed by atoms with Crippen LogP contribution in [0.25, 0.3) is 0 Å². The van der Waals surface area contributed by atoms with Gasteiger partial charge in [-0.1, -0.05) is 33.1 Å². The molecule has 0 amide bonds. The van der Waals surface area contributed by atoms with E-state index in [1.807, 2.05) is 0 Å². The fourth-order valence-corrected chi connectivity index (χ4v) is 4.07. The van der Waals surface area contributed by atoms with Crippen molar-refractivity contribution in [3.05, 3.63) is 0 Å². The zero-order valence-corrected chi connectivity index (χ0v) is 10.7. The molecule has 2 aliphatic rings. The minimum atomic E-state index is -0.815. The lowest BCUT2D eigenvalue weighted by molar-refractivity contribution is -0.195. The van der Waals surface area contributed by atoms with Crippen LogP contribution in [0, 0.1) is 11.8 Å². The molecule has 2 saturated carbocycles. The second kappa shape index (κ2) is 4.30. The van der Waals surface area contributed by atoms with Crippen LogP contribution in [0.15, 0.2) is 0 Å². The molecule has 2 heteroatoms. The molecular weight excluding hydrogens is 200 g/mol. The van der Waals surface area contributed by atoms with E-state index in [1.54, 1.807) is 0 Å². The minimum absolute atomic E-state index is 0.541. The van der Waals surface area contributed by atoms with Gasteiger partial charge in [-0.3, -0.25) is 0 Å². The molecule has 2 N–H and O–H groups in total. The van der Waals surface area contributed by atoms with Gasteiger partial charge in [-0.25, -0.2) is 0 Å². The van der Waals surface area contributed by atoms with Gasteiger partial charge in [0.2, 0.25) is 0 Å². The van der Waals surface area contributed by atoms with Crippen molar-refractivity contribution in [2.45, 2.75) is 76.4 Å². The van der Waals surface area contributed by atoms with Crippen LogP contribution in [0.2, 0.25) is 0 Å². The summed E-state index contributed by atoms with van der Waals surface area (Å²) in [4.78, 5) is 0. The summed E-state index contributed by atoms with van der Waals surface area (Å²) < 4.78 is 0. The quantitative estimate of drug-likeness (QED) is 0.722. The van der Waals surface area contributed by atoms with Gasteiger partial charge < -0.3 is 10.2 Å². The normalized spacial score (nSPS) is 44.2. The van der Waals surface area contributed by atoms with Gasteiger partial charge in [-0.05, 0) is 43.9 Å². The summed E-state index contributed by atoms with van der Waals surface area (Å²) in [5, 5.41) is 21.6. The highest BCUT2D eigenvalue weighted by Gasteiger charge is 2.51. The number of aliphatic hydroxyl groups is 2. The lowest BCUT2D eigenvalue weighted by Gasteiger charge is -2.51. The van der Waals surface area contributed by atoms with E-state index in [-0.39, 0.29) is 0 Å². The van der Waals surface area contributed by atoms with Crippen LogP contribution in [0.5, 0.6) is 0 Å². The molecule has 0 heterocycles. The monoisotopic (exact) mass is 226 g/mol. The molecule has 0 saturated heterocycles. The Kier molecular flexibility index (Phi) is 3.33. The summed E-state index contributed by atoms with van der Waals surface area (Å²) in [7, 11) is 0. The van der Waals surface area contributed by atoms with Gasteiger partial charge >= 0.3 is 0 Å². The van der Waals surface area contributed by atoms with Crippen LogP contribution in [0.1, 0.15) is 65.2 Å². The Morgan fingerprint density at radius 2 is 1.31 bits per heavy atom. The minimum Gasteiger partial charge on any atom is -0.387 e. The van der Waals surface area contributed by atoms with Crippen molar-refractivity contribution in [2.75, 3.05) is 0 Å². The van der Waals surface area contributed by atoms with Crippen LogP contribution in [0.3, 0.4) is 0 Å². The zero-order valence-electron chi connectivity index (χ0n) is 10.7. The first-order chi connectivity index (χ1) is 7.45. The molecule has 0 aromatic rings. The predicted molar refractivity (Wildman–Crippen MR) is 65.2 cm³/mol. The molecule has 0 radical (unpaired) electrons. The number of hydrogen-bond acceptors (Lipinski definition) is 2. The average Bonchev–Trinajstić information content (AvgIpc) is 2.16. The van der Waals surface area contributed by atoms with Crippen molar-refractivity contribution in [2.24, 2.45) is 11.8 Å². The molecule has 2 fully saturated rings. The van der Waals surface area contributed by atoms with Crippen LogP contribution in [-0.2, 0) is 0 Å². The first kappa shape index (κ1) is 12.4. The molecule has 16 heavy (non-hydrogen) atoms. The van der Waals surface area contributed by atoms with Gasteiger partial charge in [0.15, 0.2) is 0 Å². The maximum atomic E-state index is 10.8. The first-order valence-electron chi connectivity index (χ1n) is 6.90. The fraction of sp³-hybridized carbons (Fsp3) is 1.00. The smallest absolute Gasteiger partial charge is 0.0938 e. The summed E-state index contributed by atoms with van der Waals surface area (Å²) in [5.41, 5.74) is -1.61. The summed E-state index contributed by atoms with van der Waals surface area (Å²) in [5.74, 6) is 1.08. The number of rotatable bonds is 1. The maximum Gasteiger partial charge on any atom is 0.0938 e. The second-order valence-corrected chi connectivity index (χ2v) is 6.48. The fourth-order valence-electron chi connectivity index (χ4n) is 4.07. The Hall–Kier alpha value is -0.0800. The lowest BCUT2D eigenvalue weighted by Crippen LogP contribution is -2.58. The summed E-state index contributed by atoms with van der Waals surface area (Å²) >= 11 is 0. The zero-order chi connectivity index (χ0) is 11.8. The third kappa shape index (κ3) is 2.14. The van der Waals surface area contributed by atoms with Crippen molar-refractivity contribution in [1.29, 1.82) is 0 Å². The Bertz CT molecular complexity index is 233. The Balaban J connectivity index is 2.15. The van der Waals surface area contributed by atoms with E-state index in [4.69, 9.17) is 0 Å². The molecule has 2 rings (SSSR count).